The van der Waals surface area contributed by atoms with Crippen LogP contribution in [-0.4, -0.2) is 24.8 Å². The molecule has 0 saturated carbocycles. The van der Waals surface area contributed by atoms with E-state index in [1.54, 1.807) is 18.2 Å². The number of nitrogens with two attached hydrogens (primary N) is 1. The summed E-state index contributed by atoms with van der Waals surface area (Å²) in [5.74, 6) is -0.0480. The van der Waals surface area contributed by atoms with Gasteiger partial charge in [0, 0.05) is 11.9 Å². The zero-order valence-corrected chi connectivity index (χ0v) is 11.0. The molecule has 2 aromatic rings. The summed E-state index contributed by atoms with van der Waals surface area (Å²) < 4.78 is 27.2. The molecular weight excluding hydrogens is 278 g/mol. The first-order valence-electron chi connectivity index (χ1n) is 4.91. The lowest BCUT2D eigenvalue weighted by Crippen LogP contribution is -2.02. The van der Waals surface area contributed by atoms with Gasteiger partial charge in [0.1, 0.15) is 5.75 Å². The van der Waals surface area contributed by atoms with Crippen LogP contribution in [0.15, 0.2) is 22.7 Å². The molecule has 0 saturated heterocycles. The van der Waals surface area contributed by atoms with Gasteiger partial charge in [0.15, 0.2) is 15.7 Å². The lowest BCUT2D eigenvalue weighted by molar-refractivity contribution is 0.424. The van der Waals surface area contributed by atoms with Crippen LogP contribution >= 0.6 is 11.6 Å². The number of nitrogen functional groups attached to an aromatic ring is 1. The highest BCUT2D eigenvalue weighted by atomic mass is 35.5. The summed E-state index contributed by atoms with van der Waals surface area (Å²) in [5, 5.41) is 3.99. The lowest BCUT2D eigenvalue weighted by Gasteiger charge is -1.99. The van der Waals surface area contributed by atoms with Crippen LogP contribution in [0.25, 0.3) is 11.5 Å². The minimum Gasteiger partial charge on any atom is -0.399 e. The molecule has 1 aromatic heterocycles. The van der Waals surface area contributed by atoms with Crippen LogP contribution in [0.2, 0.25) is 5.02 Å². The van der Waals surface area contributed by atoms with Crippen LogP contribution in [0, 0.1) is 0 Å². The molecule has 0 bridgehead atoms. The topological polar surface area (TPSA) is 99.1 Å². The van der Waals surface area contributed by atoms with E-state index in [-0.39, 0.29) is 17.5 Å². The molecule has 0 unspecified atom stereocenters. The molecule has 18 heavy (non-hydrogen) atoms. The van der Waals surface area contributed by atoms with Crippen LogP contribution in [-0.2, 0) is 15.6 Å². The third-order valence-electron chi connectivity index (χ3n) is 2.08. The molecule has 1 aromatic carbocycles. The Morgan fingerprint density at radius 1 is 1.44 bits per heavy atom. The monoisotopic (exact) mass is 287 g/mol. The summed E-state index contributed by atoms with van der Waals surface area (Å²) in [7, 11) is -3.21. The second kappa shape index (κ2) is 4.58. The highest BCUT2D eigenvalue weighted by molar-refractivity contribution is 7.89. The van der Waals surface area contributed by atoms with Gasteiger partial charge in [0.25, 0.3) is 5.89 Å². The maximum absolute atomic E-state index is 11.1. The minimum atomic E-state index is -3.21. The van der Waals surface area contributed by atoms with E-state index < -0.39 is 9.84 Å². The highest BCUT2D eigenvalue weighted by Gasteiger charge is 2.15. The third-order valence-corrected chi connectivity index (χ3v) is 3.19. The van der Waals surface area contributed by atoms with Gasteiger partial charge in [-0.3, -0.25) is 0 Å². The molecule has 2 N–H and O–H groups in total. The van der Waals surface area contributed by atoms with Crippen molar-refractivity contribution in [3.8, 4) is 11.5 Å². The number of anilines is 1. The van der Waals surface area contributed by atoms with Crippen molar-refractivity contribution in [2.45, 2.75) is 5.75 Å². The zero-order chi connectivity index (χ0) is 13.3. The van der Waals surface area contributed by atoms with Gasteiger partial charge in [-0.05, 0) is 18.2 Å². The average molecular weight is 288 g/mol. The van der Waals surface area contributed by atoms with E-state index >= 15 is 0 Å². The quantitative estimate of drug-likeness (QED) is 0.859. The molecule has 96 valence electrons. The fraction of sp³-hybridized carbons (Fsp3) is 0.200. The number of halogens is 1. The van der Waals surface area contributed by atoms with Crippen LogP contribution in [0.4, 0.5) is 5.69 Å². The molecule has 0 aliphatic carbocycles. The molecule has 6 nitrogen and oxygen atoms in total. The largest absolute Gasteiger partial charge is 0.399 e. The molecule has 0 atom stereocenters. The molecule has 8 heteroatoms. The Kier molecular flexibility index (Phi) is 3.27. The number of hydrogen-bond donors (Lipinski definition) is 1. The van der Waals surface area contributed by atoms with E-state index in [1.807, 2.05) is 0 Å². The van der Waals surface area contributed by atoms with Gasteiger partial charge < -0.3 is 10.3 Å². The zero-order valence-electron chi connectivity index (χ0n) is 9.42. The van der Waals surface area contributed by atoms with Crippen molar-refractivity contribution >= 4 is 27.1 Å². The predicted octanol–water partition coefficient (Wildman–Crippen LogP) is 1.52. The predicted molar refractivity (Wildman–Crippen MR) is 67.7 cm³/mol. The Morgan fingerprint density at radius 3 is 2.83 bits per heavy atom. The van der Waals surface area contributed by atoms with E-state index in [2.05, 4.69) is 10.1 Å². The molecule has 0 fully saturated rings. The first-order valence-corrected chi connectivity index (χ1v) is 7.35. The maximum atomic E-state index is 11.1. The SMILES string of the molecule is CS(=O)(=O)Cc1noc(-c2cc(N)ccc2Cl)n1. The lowest BCUT2D eigenvalue weighted by atomic mass is 10.2. The van der Waals surface area contributed by atoms with Crippen LogP contribution in [0.1, 0.15) is 5.82 Å². The Hall–Kier alpha value is -1.60. The molecule has 0 radical (unpaired) electrons. The fourth-order valence-electron chi connectivity index (χ4n) is 1.36. The van der Waals surface area contributed by atoms with Crippen LogP contribution < -0.4 is 5.73 Å². The van der Waals surface area contributed by atoms with E-state index in [4.69, 9.17) is 21.9 Å². The Bertz CT molecular complexity index is 681. The molecule has 0 amide bonds. The number of rotatable bonds is 3. The first kappa shape index (κ1) is 12.8. The Labute approximate surface area is 109 Å². The summed E-state index contributed by atoms with van der Waals surface area (Å²) in [6.45, 7) is 0. The summed E-state index contributed by atoms with van der Waals surface area (Å²) in [6, 6.07) is 4.83. The van der Waals surface area contributed by atoms with Crippen LogP contribution in [0.3, 0.4) is 0 Å². The van der Waals surface area contributed by atoms with Crippen molar-refractivity contribution in [1.29, 1.82) is 0 Å². The van der Waals surface area contributed by atoms with E-state index in [9.17, 15) is 8.42 Å². The molecule has 0 aliphatic rings. The number of sulfone groups is 1. The molecule has 2 rings (SSSR count). The van der Waals surface area contributed by atoms with Crippen molar-refractivity contribution < 1.29 is 12.9 Å². The summed E-state index contributed by atoms with van der Waals surface area (Å²) in [6.07, 6.45) is 1.09. The van der Waals surface area contributed by atoms with Gasteiger partial charge in [0.2, 0.25) is 0 Å². The molecule has 1 heterocycles. The average Bonchev–Trinajstić information content (AvgIpc) is 2.67. The van der Waals surface area contributed by atoms with Crippen molar-refractivity contribution in [1.82, 2.24) is 10.1 Å². The van der Waals surface area contributed by atoms with Gasteiger partial charge in [-0.2, -0.15) is 4.98 Å². The highest BCUT2D eigenvalue weighted by Crippen LogP contribution is 2.28. The maximum Gasteiger partial charge on any atom is 0.259 e. The summed E-state index contributed by atoms with van der Waals surface area (Å²) in [4.78, 5) is 3.97. The number of aromatic nitrogens is 2. The van der Waals surface area contributed by atoms with Crippen molar-refractivity contribution in [2.75, 3.05) is 12.0 Å². The summed E-state index contributed by atoms with van der Waals surface area (Å²) >= 11 is 5.97. The van der Waals surface area contributed by atoms with Gasteiger partial charge in [0.05, 0.1) is 10.6 Å². The number of benzene rings is 1. The van der Waals surface area contributed by atoms with Gasteiger partial charge in [-0.25, -0.2) is 8.42 Å². The second-order valence-electron chi connectivity index (χ2n) is 3.83. The number of nitrogens with zero attached hydrogens (tertiary/aromatic N) is 2. The molecule has 0 spiro atoms. The summed E-state index contributed by atoms with van der Waals surface area (Å²) in [5.41, 5.74) is 6.60. The minimum absolute atomic E-state index is 0.0889. The van der Waals surface area contributed by atoms with E-state index in [0.29, 0.717) is 16.3 Å². The second-order valence-corrected chi connectivity index (χ2v) is 6.37. The van der Waals surface area contributed by atoms with E-state index in [1.165, 1.54) is 0 Å². The van der Waals surface area contributed by atoms with Gasteiger partial charge >= 0.3 is 0 Å². The smallest absolute Gasteiger partial charge is 0.259 e. The standard InChI is InChI=1S/C10H10ClN3O3S/c1-18(15,16)5-9-13-10(17-14-9)7-4-6(12)2-3-8(7)11/h2-4H,5,12H2,1H3. The molecular formula is C10H10ClN3O3S. The van der Waals surface area contributed by atoms with Crippen LogP contribution in [0.5, 0.6) is 0 Å². The first-order chi connectivity index (χ1) is 8.35. The van der Waals surface area contributed by atoms with Gasteiger partial charge in [-0.15, -0.1) is 0 Å². The van der Waals surface area contributed by atoms with Crippen molar-refractivity contribution in [3.05, 3.63) is 29.0 Å². The van der Waals surface area contributed by atoms with Crippen molar-refractivity contribution in [2.24, 2.45) is 0 Å². The van der Waals surface area contributed by atoms with Gasteiger partial charge in [-0.1, -0.05) is 16.8 Å². The fourth-order valence-corrected chi connectivity index (χ4v) is 2.15. The number of hydrogen-bond acceptors (Lipinski definition) is 6. The van der Waals surface area contributed by atoms with E-state index in [0.717, 1.165) is 6.26 Å². The van der Waals surface area contributed by atoms with Crippen molar-refractivity contribution in [3.63, 3.8) is 0 Å². The Morgan fingerprint density at radius 2 is 2.17 bits per heavy atom. The normalized spacial score (nSPS) is 11.7. The molecule has 0 aliphatic heterocycles. The third kappa shape index (κ3) is 2.99. The Balaban J connectivity index is 2.38.